The second-order valence-corrected chi connectivity index (χ2v) is 4.91. The van der Waals surface area contributed by atoms with Crippen LogP contribution in [0.15, 0.2) is 48.7 Å². The van der Waals surface area contributed by atoms with Crippen LogP contribution in [0.3, 0.4) is 0 Å². The van der Waals surface area contributed by atoms with Gasteiger partial charge in [0.25, 0.3) is 0 Å². The van der Waals surface area contributed by atoms with Crippen LogP contribution in [0.1, 0.15) is 29.8 Å². The van der Waals surface area contributed by atoms with E-state index in [0.29, 0.717) is 11.4 Å². The molecule has 0 saturated heterocycles. The number of carbonyl (C=O) groups is 1. The summed E-state index contributed by atoms with van der Waals surface area (Å²) in [5.74, 6) is 0.236. The Morgan fingerprint density at radius 3 is 2.37 bits per heavy atom. The van der Waals surface area contributed by atoms with Gasteiger partial charge in [0, 0.05) is 6.20 Å². The molecule has 0 radical (unpaired) electrons. The van der Waals surface area contributed by atoms with Gasteiger partial charge in [-0.1, -0.05) is 30.3 Å². The lowest BCUT2D eigenvalue weighted by Gasteiger charge is -2.27. The van der Waals surface area contributed by atoms with Crippen molar-refractivity contribution >= 4 is 11.7 Å². The standard InChI is InChI=1S/C15H17N3O/c1-15(2,12-6-4-3-5-7-12)18-13-9-8-11(10-17-13)14(16)19/h3-10H,1-2H3,(H2,16,19)(H,17,18). The maximum absolute atomic E-state index is 11.0. The first-order valence-electron chi connectivity index (χ1n) is 6.08. The molecule has 0 bridgehead atoms. The molecule has 98 valence electrons. The zero-order valence-electron chi connectivity index (χ0n) is 11.1. The maximum atomic E-state index is 11.0. The molecule has 19 heavy (non-hydrogen) atoms. The fourth-order valence-electron chi connectivity index (χ4n) is 1.86. The van der Waals surface area contributed by atoms with Gasteiger partial charge in [-0.05, 0) is 31.5 Å². The number of hydrogen-bond acceptors (Lipinski definition) is 3. The summed E-state index contributed by atoms with van der Waals surface area (Å²) in [6.07, 6.45) is 1.48. The second kappa shape index (κ2) is 5.10. The fraction of sp³-hybridized carbons (Fsp3) is 0.200. The van der Waals surface area contributed by atoms with Gasteiger partial charge in [-0.25, -0.2) is 4.98 Å². The van der Waals surface area contributed by atoms with Crippen molar-refractivity contribution in [2.45, 2.75) is 19.4 Å². The Bertz CT molecular complexity index is 562. The van der Waals surface area contributed by atoms with E-state index in [1.807, 2.05) is 18.2 Å². The normalized spacial score (nSPS) is 11.1. The van der Waals surface area contributed by atoms with Crippen molar-refractivity contribution in [3.8, 4) is 0 Å². The number of nitrogens with two attached hydrogens (primary N) is 1. The van der Waals surface area contributed by atoms with Crippen LogP contribution >= 0.6 is 0 Å². The summed E-state index contributed by atoms with van der Waals surface area (Å²) in [4.78, 5) is 15.2. The number of anilines is 1. The van der Waals surface area contributed by atoms with Crippen molar-refractivity contribution < 1.29 is 4.79 Å². The highest BCUT2D eigenvalue weighted by atomic mass is 16.1. The van der Waals surface area contributed by atoms with Crippen LogP contribution in [-0.4, -0.2) is 10.9 Å². The van der Waals surface area contributed by atoms with Gasteiger partial charge in [0.05, 0.1) is 11.1 Å². The van der Waals surface area contributed by atoms with Gasteiger partial charge >= 0.3 is 0 Å². The molecule has 0 unspecified atom stereocenters. The molecule has 1 amide bonds. The smallest absolute Gasteiger partial charge is 0.250 e. The van der Waals surface area contributed by atoms with Gasteiger partial charge in [0.15, 0.2) is 0 Å². The Labute approximate surface area is 112 Å². The molecule has 0 fully saturated rings. The van der Waals surface area contributed by atoms with Crippen LogP contribution < -0.4 is 11.1 Å². The quantitative estimate of drug-likeness (QED) is 0.882. The van der Waals surface area contributed by atoms with E-state index in [1.54, 1.807) is 12.1 Å². The number of pyridine rings is 1. The van der Waals surface area contributed by atoms with Crippen LogP contribution in [0, 0.1) is 0 Å². The molecule has 1 aromatic heterocycles. The van der Waals surface area contributed by atoms with Crippen LogP contribution in [-0.2, 0) is 5.54 Å². The number of rotatable bonds is 4. The number of aromatic nitrogens is 1. The van der Waals surface area contributed by atoms with E-state index in [1.165, 1.54) is 6.20 Å². The molecule has 1 heterocycles. The summed E-state index contributed by atoms with van der Waals surface area (Å²) in [6, 6.07) is 13.5. The van der Waals surface area contributed by atoms with Crippen molar-refractivity contribution in [1.29, 1.82) is 0 Å². The molecule has 1 aromatic carbocycles. The molecule has 0 saturated carbocycles. The third kappa shape index (κ3) is 3.10. The molecule has 0 aliphatic rings. The van der Waals surface area contributed by atoms with E-state index in [-0.39, 0.29) is 5.54 Å². The SMILES string of the molecule is CC(C)(Nc1ccc(C(N)=O)cn1)c1ccccc1. The molecule has 4 heteroatoms. The number of nitrogens with zero attached hydrogens (tertiary/aromatic N) is 1. The van der Waals surface area contributed by atoms with Crippen LogP contribution in [0.4, 0.5) is 5.82 Å². The summed E-state index contributed by atoms with van der Waals surface area (Å²) < 4.78 is 0. The molecule has 3 N–H and O–H groups in total. The minimum absolute atomic E-state index is 0.248. The molecule has 2 aromatic rings. The molecule has 0 atom stereocenters. The first-order chi connectivity index (χ1) is 8.99. The van der Waals surface area contributed by atoms with E-state index >= 15 is 0 Å². The number of primary amides is 1. The largest absolute Gasteiger partial charge is 0.366 e. The van der Waals surface area contributed by atoms with Gasteiger partial charge in [-0.3, -0.25) is 4.79 Å². The van der Waals surface area contributed by atoms with Gasteiger partial charge in [-0.2, -0.15) is 0 Å². The van der Waals surface area contributed by atoms with E-state index in [9.17, 15) is 4.79 Å². The van der Waals surface area contributed by atoms with E-state index in [0.717, 1.165) is 5.56 Å². The Morgan fingerprint density at radius 1 is 1.16 bits per heavy atom. The van der Waals surface area contributed by atoms with E-state index in [4.69, 9.17) is 5.73 Å². The molecule has 2 rings (SSSR count). The third-order valence-corrected chi connectivity index (χ3v) is 2.98. The van der Waals surface area contributed by atoms with Crippen LogP contribution in [0.5, 0.6) is 0 Å². The number of hydrogen-bond donors (Lipinski definition) is 2. The van der Waals surface area contributed by atoms with Crippen molar-refractivity contribution in [3.05, 3.63) is 59.8 Å². The van der Waals surface area contributed by atoms with Gasteiger partial charge < -0.3 is 11.1 Å². The second-order valence-electron chi connectivity index (χ2n) is 4.91. The summed E-state index contributed by atoms with van der Waals surface area (Å²) >= 11 is 0. The highest BCUT2D eigenvalue weighted by Gasteiger charge is 2.20. The highest BCUT2D eigenvalue weighted by Crippen LogP contribution is 2.24. The van der Waals surface area contributed by atoms with E-state index < -0.39 is 5.91 Å². The predicted molar refractivity (Wildman–Crippen MR) is 75.8 cm³/mol. The predicted octanol–water partition coefficient (Wildman–Crippen LogP) is 2.53. The lowest BCUT2D eigenvalue weighted by atomic mass is 9.94. The van der Waals surface area contributed by atoms with Crippen LogP contribution in [0.2, 0.25) is 0 Å². The zero-order chi connectivity index (χ0) is 13.9. The molecule has 4 nitrogen and oxygen atoms in total. The molecule has 0 spiro atoms. The highest BCUT2D eigenvalue weighted by molar-refractivity contribution is 5.92. The minimum atomic E-state index is -0.471. The third-order valence-electron chi connectivity index (χ3n) is 2.98. The molecule has 0 aliphatic heterocycles. The van der Waals surface area contributed by atoms with Crippen molar-refractivity contribution in [1.82, 2.24) is 4.98 Å². The van der Waals surface area contributed by atoms with Gasteiger partial charge in [-0.15, -0.1) is 0 Å². The first-order valence-corrected chi connectivity index (χ1v) is 6.08. The van der Waals surface area contributed by atoms with Crippen molar-refractivity contribution in [2.75, 3.05) is 5.32 Å². The lowest BCUT2D eigenvalue weighted by molar-refractivity contribution is 0.1000. The average molecular weight is 255 g/mol. The Hall–Kier alpha value is -2.36. The van der Waals surface area contributed by atoms with Crippen molar-refractivity contribution in [2.24, 2.45) is 5.73 Å². The lowest BCUT2D eigenvalue weighted by Crippen LogP contribution is -2.28. The summed E-state index contributed by atoms with van der Waals surface area (Å²) in [5.41, 5.74) is 6.50. The van der Waals surface area contributed by atoms with Gasteiger partial charge in [0.2, 0.25) is 5.91 Å². The summed E-state index contributed by atoms with van der Waals surface area (Å²) in [7, 11) is 0. The van der Waals surface area contributed by atoms with Crippen molar-refractivity contribution in [3.63, 3.8) is 0 Å². The topological polar surface area (TPSA) is 68.0 Å². The summed E-state index contributed by atoms with van der Waals surface area (Å²) in [6.45, 7) is 4.15. The van der Waals surface area contributed by atoms with E-state index in [2.05, 4.69) is 36.3 Å². The van der Waals surface area contributed by atoms with Gasteiger partial charge in [0.1, 0.15) is 5.82 Å². The average Bonchev–Trinajstić information content (AvgIpc) is 2.40. The number of carbonyl (C=O) groups excluding carboxylic acids is 1. The molecule has 0 aliphatic carbocycles. The number of amides is 1. The molecular weight excluding hydrogens is 238 g/mol. The Morgan fingerprint density at radius 2 is 1.84 bits per heavy atom. The Kier molecular flexibility index (Phi) is 3.51. The minimum Gasteiger partial charge on any atom is -0.366 e. The zero-order valence-corrected chi connectivity index (χ0v) is 11.1. The number of benzene rings is 1. The first kappa shape index (κ1) is 13.1. The summed E-state index contributed by atoms with van der Waals surface area (Å²) in [5, 5.41) is 3.34. The maximum Gasteiger partial charge on any atom is 0.250 e. The Balaban J connectivity index is 2.18. The number of nitrogens with one attached hydrogen (secondary N) is 1. The van der Waals surface area contributed by atoms with Crippen LogP contribution in [0.25, 0.3) is 0 Å². The molecular formula is C15H17N3O. The fourth-order valence-corrected chi connectivity index (χ4v) is 1.86. The monoisotopic (exact) mass is 255 g/mol.